The minimum absolute atomic E-state index is 0.0953. The SMILES string of the molecule is O=S(=O)(Nc1ccc2c(c1)CCCN2S(=O)(=O)c1ccccc1)c1ccc(Cl)cc1. The van der Waals surface area contributed by atoms with Gasteiger partial charge in [-0.05, 0) is 73.0 Å². The Kier molecular flexibility index (Phi) is 5.48. The van der Waals surface area contributed by atoms with Crippen molar-refractivity contribution >= 4 is 43.0 Å². The molecule has 156 valence electrons. The first-order valence-corrected chi connectivity index (χ1v) is 12.6. The van der Waals surface area contributed by atoms with Crippen molar-refractivity contribution in [2.24, 2.45) is 0 Å². The third-order valence-electron chi connectivity index (χ3n) is 4.86. The van der Waals surface area contributed by atoms with Gasteiger partial charge >= 0.3 is 0 Å². The molecule has 6 nitrogen and oxygen atoms in total. The van der Waals surface area contributed by atoms with E-state index in [9.17, 15) is 16.8 Å². The van der Waals surface area contributed by atoms with Crippen LogP contribution in [-0.4, -0.2) is 23.4 Å². The van der Waals surface area contributed by atoms with Crippen molar-refractivity contribution in [2.75, 3.05) is 15.6 Å². The first-order valence-electron chi connectivity index (χ1n) is 9.26. The summed E-state index contributed by atoms with van der Waals surface area (Å²) < 4.78 is 55.4. The predicted octanol–water partition coefficient (Wildman–Crippen LogP) is 4.28. The molecule has 0 radical (unpaired) electrons. The van der Waals surface area contributed by atoms with E-state index in [4.69, 9.17) is 11.6 Å². The van der Waals surface area contributed by atoms with Gasteiger partial charge in [0.2, 0.25) is 0 Å². The minimum Gasteiger partial charge on any atom is -0.280 e. The van der Waals surface area contributed by atoms with E-state index in [-0.39, 0.29) is 9.79 Å². The van der Waals surface area contributed by atoms with Crippen LogP contribution in [0, 0.1) is 0 Å². The highest BCUT2D eigenvalue weighted by Gasteiger charge is 2.29. The quantitative estimate of drug-likeness (QED) is 0.613. The Bertz CT molecular complexity index is 1280. The highest BCUT2D eigenvalue weighted by molar-refractivity contribution is 7.93. The molecule has 1 aliphatic heterocycles. The van der Waals surface area contributed by atoms with Gasteiger partial charge in [0.25, 0.3) is 20.0 Å². The Hall–Kier alpha value is -2.55. The van der Waals surface area contributed by atoms with E-state index in [1.165, 1.54) is 28.6 Å². The molecule has 0 atom stereocenters. The van der Waals surface area contributed by atoms with Gasteiger partial charge < -0.3 is 0 Å². The zero-order chi connectivity index (χ0) is 21.4. The third-order valence-corrected chi connectivity index (χ3v) is 8.34. The number of hydrogen-bond acceptors (Lipinski definition) is 4. The van der Waals surface area contributed by atoms with Gasteiger partial charge in [-0.25, -0.2) is 16.8 Å². The summed E-state index contributed by atoms with van der Waals surface area (Å²) in [6, 6.07) is 19.1. The van der Waals surface area contributed by atoms with Crippen LogP contribution in [-0.2, 0) is 26.5 Å². The molecule has 0 unspecified atom stereocenters. The number of hydrogen-bond donors (Lipinski definition) is 1. The molecular weight excluding hydrogens is 444 g/mol. The number of nitrogens with zero attached hydrogens (tertiary/aromatic N) is 1. The lowest BCUT2D eigenvalue weighted by molar-refractivity contribution is 0.586. The smallest absolute Gasteiger partial charge is 0.264 e. The van der Waals surface area contributed by atoms with Crippen molar-refractivity contribution in [3.8, 4) is 0 Å². The Labute approximate surface area is 181 Å². The fourth-order valence-corrected chi connectivity index (χ4v) is 6.16. The second-order valence-corrected chi connectivity index (χ2v) is 10.9. The van der Waals surface area contributed by atoms with Crippen LogP contribution in [0.2, 0.25) is 5.02 Å². The lowest BCUT2D eigenvalue weighted by Gasteiger charge is -2.31. The van der Waals surface area contributed by atoms with Crippen LogP contribution >= 0.6 is 11.6 Å². The van der Waals surface area contributed by atoms with Crippen molar-refractivity contribution in [3.05, 3.63) is 83.4 Å². The topological polar surface area (TPSA) is 83.6 Å². The van der Waals surface area contributed by atoms with Crippen molar-refractivity contribution < 1.29 is 16.8 Å². The average Bonchev–Trinajstić information content (AvgIpc) is 2.74. The normalized spacial score (nSPS) is 14.2. The van der Waals surface area contributed by atoms with Gasteiger partial charge in [0.15, 0.2) is 0 Å². The Morgan fingerprint density at radius 2 is 1.53 bits per heavy atom. The Morgan fingerprint density at radius 1 is 0.833 bits per heavy atom. The molecule has 0 saturated heterocycles. The molecule has 0 spiro atoms. The highest BCUT2D eigenvalue weighted by Crippen LogP contribution is 2.34. The largest absolute Gasteiger partial charge is 0.280 e. The van der Waals surface area contributed by atoms with Crippen LogP contribution in [0.25, 0.3) is 0 Å². The number of anilines is 2. The summed E-state index contributed by atoms with van der Waals surface area (Å²) in [6.45, 7) is 0.375. The summed E-state index contributed by atoms with van der Waals surface area (Å²) in [6.07, 6.45) is 1.30. The second kappa shape index (κ2) is 7.94. The predicted molar refractivity (Wildman–Crippen MR) is 118 cm³/mol. The molecule has 4 rings (SSSR count). The molecule has 0 bridgehead atoms. The van der Waals surface area contributed by atoms with Crippen LogP contribution in [0.15, 0.2) is 82.6 Å². The van der Waals surface area contributed by atoms with Crippen molar-refractivity contribution in [1.29, 1.82) is 0 Å². The maximum atomic E-state index is 13.1. The van der Waals surface area contributed by atoms with Crippen molar-refractivity contribution in [1.82, 2.24) is 0 Å². The fourth-order valence-electron chi connectivity index (χ4n) is 3.42. The standard InChI is InChI=1S/C21H19ClN2O4S2/c22-17-8-11-19(12-9-17)29(25,26)23-18-10-13-21-16(15-18)5-4-14-24(21)30(27,28)20-6-2-1-3-7-20/h1-3,6-13,15,23H,4-5,14H2. The molecule has 1 aliphatic rings. The third kappa shape index (κ3) is 4.03. The average molecular weight is 463 g/mol. The van der Waals surface area contributed by atoms with Crippen LogP contribution in [0.3, 0.4) is 0 Å². The summed E-state index contributed by atoms with van der Waals surface area (Å²) >= 11 is 5.83. The molecule has 0 aromatic heterocycles. The first kappa shape index (κ1) is 20.7. The number of rotatable bonds is 5. The van der Waals surface area contributed by atoms with E-state index in [1.54, 1.807) is 48.5 Å². The number of nitrogens with one attached hydrogen (secondary N) is 1. The van der Waals surface area contributed by atoms with E-state index in [0.717, 1.165) is 5.56 Å². The van der Waals surface area contributed by atoms with E-state index in [1.807, 2.05) is 0 Å². The zero-order valence-corrected chi connectivity index (χ0v) is 18.2. The first-order chi connectivity index (χ1) is 14.3. The van der Waals surface area contributed by atoms with Gasteiger partial charge in [-0.2, -0.15) is 0 Å². The monoisotopic (exact) mass is 462 g/mol. The number of sulfonamides is 2. The van der Waals surface area contributed by atoms with Gasteiger partial charge in [-0.1, -0.05) is 29.8 Å². The van der Waals surface area contributed by atoms with Gasteiger partial charge in [-0.3, -0.25) is 9.03 Å². The Balaban J connectivity index is 1.65. The minimum atomic E-state index is -3.78. The molecule has 30 heavy (non-hydrogen) atoms. The highest BCUT2D eigenvalue weighted by atomic mass is 35.5. The lowest BCUT2D eigenvalue weighted by atomic mass is 10.0. The Morgan fingerprint density at radius 3 is 2.23 bits per heavy atom. The number of benzene rings is 3. The zero-order valence-electron chi connectivity index (χ0n) is 15.8. The van der Waals surface area contributed by atoms with E-state index < -0.39 is 20.0 Å². The summed E-state index contributed by atoms with van der Waals surface area (Å²) in [5, 5.41) is 0.447. The van der Waals surface area contributed by atoms with Crippen molar-refractivity contribution in [2.45, 2.75) is 22.6 Å². The van der Waals surface area contributed by atoms with E-state index in [0.29, 0.717) is 35.8 Å². The molecule has 0 amide bonds. The van der Waals surface area contributed by atoms with E-state index >= 15 is 0 Å². The maximum absolute atomic E-state index is 13.1. The molecule has 9 heteroatoms. The van der Waals surface area contributed by atoms with Gasteiger partial charge in [0.1, 0.15) is 0 Å². The van der Waals surface area contributed by atoms with Gasteiger partial charge in [0, 0.05) is 17.3 Å². The number of halogens is 1. The summed E-state index contributed by atoms with van der Waals surface area (Å²) in [5.41, 5.74) is 1.72. The van der Waals surface area contributed by atoms with Gasteiger partial charge in [-0.15, -0.1) is 0 Å². The lowest BCUT2D eigenvalue weighted by Crippen LogP contribution is -2.35. The fraction of sp³-hybridized carbons (Fsp3) is 0.143. The van der Waals surface area contributed by atoms with Crippen LogP contribution in [0.1, 0.15) is 12.0 Å². The van der Waals surface area contributed by atoms with Crippen LogP contribution in [0.4, 0.5) is 11.4 Å². The molecule has 0 fully saturated rings. The molecule has 1 N–H and O–H groups in total. The molecular formula is C21H19ClN2O4S2. The summed E-state index contributed by atoms with van der Waals surface area (Å²) in [4.78, 5) is 0.322. The molecule has 3 aromatic rings. The van der Waals surface area contributed by atoms with E-state index in [2.05, 4.69) is 4.72 Å². The van der Waals surface area contributed by atoms with Gasteiger partial charge in [0.05, 0.1) is 15.5 Å². The van der Waals surface area contributed by atoms with Crippen LogP contribution in [0.5, 0.6) is 0 Å². The molecule has 0 saturated carbocycles. The van der Waals surface area contributed by atoms with Crippen molar-refractivity contribution in [3.63, 3.8) is 0 Å². The number of fused-ring (bicyclic) bond motifs is 1. The van der Waals surface area contributed by atoms with Crippen LogP contribution < -0.4 is 9.03 Å². The molecule has 0 aliphatic carbocycles. The maximum Gasteiger partial charge on any atom is 0.264 e. The molecule has 1 heterocycles. The summed E-state index contributed by atoms with van der Waals surface area (Å²) in [5.74, 6) is 0. The number of aryl methyl sites for hydroxylation is 1. The second-order valence-electron chi connectivity index (χ2n) is 6.90. The summed E-state index contributed by atoms with van der Waals surface area (Å²) in [7, 11) is -7.47. The molecule has 3 aromatic carbocycles.